The van der Waals surface area contributed by atoms with Crippen molar-refractivity contribution in [3.05, 3.63) is 0 Å². The van der Waals surface area contributed by atoms with Crippen LogP contribution in [-0.2, 0) is 14.4 Å². The normalized spacial score (nSPS) is 25.0. The van der Waals surface area contributed by atoms with Crippen molar-refractivity contribution >= 4 is 17.8 Å². The van der Waals surface area contributed by atoms with E-state index < -0.39 is 5.97 Å². The van der Waals surface area contributed by atoms with Crippen LogP contribution in [0.15, 0.2) is 0 Å². The molecule has 2 heterocycles. The van der Waals surface area contributed by atoms with E-state index in [4.69, 9.17) is 5.11 Å². The number of likely N-dealkylation sites (tertiary alicyclic amines) is 2. The van der Waals surface area contributed by atoms with Gasteiger partial charge in [-0.3, -0.25) is 14.4 Å². The minimum absolute atomic E-state index is 0.0590. The minimum Gasteiger partial charge on any atom is -0.481 e. The van der Waals surface area contributed by atoms with E-state index in [0.717, 1.165) is 38.6 Å². The van der Waals surface area contributed by atoms with Crippen LogP contribution < -0.4 is 0 Å². The molecule has 6 nitrogen and oxygen atoms in total. The summed E-state index contributed by atoms with van der Waals surface area (Å²) in [6.07, 6.45) is 5.37. The molecule has 0 aromatic carbocycles. The predicted molar refractivity (Wildman–Crippen MR) is 90.4 cm³/mol. The van der Waals surface area contributed by atoms with Gasteiger partial charge in [-0.05, 0) is 44.4 Å². The SMILES string of the molecule is CC(C)C(=O)N1CCCCC1C(=O)N1CCCC(CCC(=O)O)C1. The molecule has 2 aliphatic rings. The van der Waals surface area contributed by atoms with Crippen LogP contribution in [-0.4, -0.2) is 58.4 Å². The first kappa shape index (κ1) is 18.7. The lowest BCUT2D eigenvalue weighted by atomic mass is 9.92. The molecule has 0 spiro atoms. The average Bonchev–Trinajstić information content (AvgIpc) is 2.58. The van der Waals surface area contributed by atoms with Gasteiger partial charge in [0.2, 0.25) is 11.8 Å². The smallest absolute Gasteiger partial charge is 0.303 e. The third kappa shape index (κ3) is 4.71. The molecule has 0 aromatic rings. The quantitative estimate of drug-likeness (QED) is 0.833. The fourth-order valence-electron chi connectivity index (χ4n) is 3.82. The van der Waals surface area contributed by atoms with Crippen molar-refractivity contribution < 1.29 is 19.5 Å². The second-order valence-corrected chi connectivity index (χ2v) is 7.42. The second-order valence-electron chi connectivity index (χ2n) is 7.42. The van der Waals surface area contributed by atoms with E-state index in [9.17, 15) is 14.4 Å². The van der Waals surface area contributed by atoms with Gasteiger partial charge in [0, 0.05) is 32.0 Å². The molecule has 0 bridgehead atoms. The van der Waals surface area contributed by atoms with Crippen molar-refractivity contribution in [2.45, 2.75) is 64.8 Å². The van der Waals surface area contributed by atoms with Crippen LogP contribution in [0, 0.1) is 11.8 Å². The maximum atomic E-state index is 13.0. The molecule has 2 atom stereocenters. The first-order valence-electron chi connectivity index (χ1n) is 9.21. The Balaban J connectivity index is 1.99. The summed E-state index contributed by atoms with van der Waals surface area (Å²) >= 11 is 0. The molecule has 24 heavy (non-hydrogen) atoms. The molecule has 0 saturated carbocycles. The summed E-state index contributed by atoms with van der Waals surface area (Å²) in [6.45, 7) is 5.78. The molecule has 2 unspecified atom stereocenters. The lowest BCUT2D eigenvalue weighted by Gasteiger charge is -2.41. The number of carbonyl (C=O) groups excluding carboxylic acids is 2. The standard InChI is InChI=1S/C18H30N2O4/c1-13(2)17(23)20-11-4-3-7-15(20)18(24)19-10-5-6-14(12-19)8-9-16(21)22/h13-15H,3-12H2,1-2H3,(H,21,22). The summed E-state index contributed by atoms with van der Waals surface area (Å²) < 4.78 is 0. The number of carbonyl (C=O) groups is 3. The van der Waals surface area contributed by atoms with Gasteiger partial charge in [0.1, 0.15) is 6.04 Å². The number of aliphatic carboxylic acids is 1. The van der Waals surface area contributed by atoms with E-state index in [0.29, 0.717) is 19.5 Å². The highest BCUT2D eigenvalue weighted by molar-refractivity contribution is 5.88. The van der Waals surface area contributed by atoms with Crippen molar-refractivity contribution in [1.29, 1.82) is 0 Å². The molecule has 2 amide bonds. The Morgan fingerprint density at radius 3 is 2.50 bits per heavy atom. The van der Waals surface area contributed by atoms with Gasteiger partial charge in [-0.25, -0.2) is 0 Å². The first-order chi connectivity index (χ1) is 11.4. The van der Waals surface area contributed by atoms with Crippen LogP contribution in [0.3, 0.4) is 0 Å². The van der Waals surface area contributed by atoms with E-state index >= 15 is 0 Å². The molecule has 2 fully saturated rings. The largest absolute Gasteiger partial charge is 0.481 e. The molecule has 2 saturated heterocycles. The van der Waals surface area contributed by atoms with E-state index in [1.165, 1.54) is 0 Å². The number of rotatable bonds is 5. The van der Waals surface area contributed by atoms with Crippen molar-refractivity contribution in [3.8, 4) is 0 Å². The molecule has 136 valence electrons. The predicted octanol–water partition coefficient (Wildman–Crippen LogP) is 2.13. The highest BCUT2D eigenvalue weighted by atomic mass is 16.4. The molecule has 1 N–H and O–H groups in total. The summed E-state index contributed by atoms with van der Waals surface area (Å²) in [6, 6.07) is -0.327. The van der Waals surface area contributed by atoms with Crippen molar-refractivity contribution in [3.63, 3.8) is 0 Å². The third-order valence-corrected chi connectivity index (χ3v) is 5.16. The van der Waals surface area contributed by atoms with Crippen LogP contribution in [0.2, 0.25) is 0 Å². The van der Waals surface area contributed by atoms with Crippen molar-refractivity contribution in [1.82, 2.24) is 9.80 Å². The van der Waals surface area contributed by atoms with Gasteiger partial charge in [-0.2, -0.15) is 0 Å². The molecule has 0 aliphatic carbocycles. The summed E-state index contributed by atoms with van der Waals surface area (Å²) in [7, 11) is 0. The highest BCUT2D eigenvalue weighted by Crippen LogP contribution is 2.26. The van der Waals surface area contributed by atoms with Crippen LogP contribution in [0.25, 0.3) is 0 Å². The summed E-state index contributed by atoms with van der Waals surface area (Å²) in [4.78, 5) is 39.8. The fourth-order valence-corrected chi connectivity index (χ4v) is 3.82. The molecular weight excluding hydrogens is 308 g/mol. The van der Waals surface area contributed by atoms with Gasteiger partial charge in [0.05, 0.1) is 0 Å². The van der Waals surface area contributed by atoms with Gasteiger partial charge >= 0.3 is 5.97 Å². The third-order valence-electron chi connectivity index (χ3n) is 5.16. The number of hydrogen-bond donors (Lipinski definition) is 1. The van der Waals surface area contributed by atoms with Crippen LogP contribution >= 0.6 is 0 Å². The van der Waals surface area contributed by atoms with Gasteiger partial charge in [0.15, 0.2) is 0 Å². The van der Waals surface area contributed by atoms with Crippen LogP contribution in [0.1, 0.15) is 58.8 Å². The summed E-state index contributed by atoms with van der Waals surface area (Å²) in [5.74, 6) is -0.490. The zero-order chi connectivity index (χ0) is 17.7. The van der Waals surface area contributed by atoms with E-state index in [1.54, 1.807) is 4.90 Å². The number of hydrogen-bond acceptors (Lipinski definition) is 3. The Bertz CT molecular complexity index is 478. The maximum Gasteiger partial charge on any atom is 0.303 e. The van der Waals surface area contributed by atoms with E-state index in [2.05, 4.69) is 0 Å². The van der Waals surface area contributed by atoms with Crippen LogP contribution in [0.4, 0.5) is 0 Å². The zero-order valence-electron chi connectivity index (χ0n) is 14.9. The molecular formula is C18H30N2O4. The van der Waals surface area contributed by atoms with Crippen LogP contribution in [0.5, 0.6) is 0 Å². The highest BCUT2D eigenvalue weighted by Gasteiger charge is 2.36. The van der Waals surface area contributed by atoms with Crippen molar-refractivity contribution in [2.75, 3.05) is 19.6 Å². The Hall–Kier alpha value is -1.59. The van der Waals surface area contributed by atoms with Gasteiger partial charge in [-0.1, -0.05) is 13.8 Å². The number of nitrogens with zero attached hydrogens (tertiary/aromatic N) is 2. The van der Waals surface area contributed by atoms with Gasteiger partial charge in [-0.15, -0.1) is 0 Å². The minimum atomic E-state index is -0.778. The molecule has 0 aromatic heterocycles. The number of piperidine rings is 2. The first-order valence-corrected chi connectivity index (χ1v) is 9.21. The lowest BCUT2D eigenvalue weighted by Crippen LogP contribution is -2.55. The molecule has 2 rings (SSSR count). The number of carboxylic acid groups (broad SMARTS) is 1. The Labute approximate surface area is 144 Å². The monoisotopic (exact) mass is 338 g/mol. The second kappa shape index (κ2) is 8.49. The van der Waals surface area contributed by atoms with E-state index in [-0.39, 0.29) is 36.1 Å². The molecule has 2 aliphatic heterocycles. The number of amides is 2. The Kier molecular flexibility index (Phi) is 6.63. The zero-order valence-corrected chi connectivity index (χ0v) is 14.9. The maximum absolute atomic E-state index is 13.0. The summed E-state index contributed by atoms with van der Waals surface area (Å²) in [5.41, 5.74) is 0. The number of carboxylic acids is 1. The van der Waals surface area contributed by atoms with Gasteiger partial charge < -0.3 is 14.9 Å². The van der Waals surface area contributed by atoms with Crippen molar-refractivity contribution in [2.24, 2.45) is 11.8 Å². The average molecular weight is 338 g/mol. The Morgan fingerprint density at radius 2 is 1.83 bits per heavy atom. The Morgan fingerprint density at radius 1 is 1.08 bits per heavy atom. The molecule has 0 radical (unpaired) electrons. The topological polar surface area (TPSA) is 77.9 Å². The lowest BCUT2D eigenvalue weighted by molar-refractivity contribution is -0.150. The van der Waals surface area contributed by atoms with E-state index in [1.807, 2.05) is 18.7 Å². The molecule has 6 heteroatoms. The summed E-state index contributed by atoms with van der Waals surface area (Å²) in [5, 5.41) is 8.85. The fraction of sp³-hybridized carbons (Fsp3) is 0.833. The van der Waals surface area contributed by atoms with Gasteiger partial charge in [0.25, 0.3) is 0 Å².